The predicted octanol–water partition coefficient (Wildman–Crippen LogP) is 5.67. The Kier molecular flexibility index (Phi) is 2.39. The molecule has 1 aliphatic carbocycles. The van der Waals surface area contributed by atoms with E-state index in [1.165, 1.54) is 33.6 Å². The maximum atomic E-state index is 2.55. The summed E-state index contributed by atoms with van der Waals surface area (Å²) in [6.45, 7) is 6.95. The number of fused-ring (bicyclic) bond motifs is 6. The molecule has 2 atom stereocenters. The first-order valence-electron chi connectivity index (χ1n) is 8.47. The lowest BCUT2D eigenvalue weighted by Gasteiger charge is -2.31. The summed E-state index contributed by atoms with van der Waals surface area (Å²) in [7, 11) is 0. The van der Waals surface area contributed by atoms with Gasteiger partial charge < -0.3 is 4.90 Å². The molecule has 0 aromatic heterocycles. The summed E-state index contributed by atoms with van der Waals surface area (Å²) in [5.74, 6) is 0.466. The molecule has 0 saturated heterocycles. The molecule has 0 radical (unpaired) electrons. The van der Waals surface area contributed by atoms with Crippen LogP contribution in [-0.4, -0.2) is 6.04 Å². The largest absolute Gasteiger partial charge is 0.332 e. The Morgan fingerprint density at radius 1 is 0.870 bits per heavy atom. The average Bonchev–Trinajstić information content (AvgIpc) is 3.05. The van der Waals surface area contributed by atoms with Crippen molar-refractivity contribution in [2.75, 3.05) is 4.90 Å². The Bertz CT molecular complexity index is 879. The van der Waals surface area contributed by atoms with Gasteiger partial charge in [0.2, 0.25) is 0 Å². The van der Waals surface area contributed by atoms with Crippen molar-refractivity contribution in [3.63, 3.8) is 0 Å². The maximum absolute atomic E-state index is 2.55. The molecule has 2 heterocycles. The average molecular weight is 299 g/mol. The standard InChI is InChI=1S/C22H21N/c1-22(2,3)14-12-17-15-8-4-6-10-19(15)23-20-11-7-5-9-16(20)18(13-14)21(17)23/h4-13,17,21H,1-3H3. The normalized spacial score (nSPS) is 23.9. The van der Waals surface area contributed by atoms with E-state index in [2.05, 4.69) is 86.4 Å². The van der Waals surface area contributed by atoms with Gasteiger partial charge in [-0.3, -0.25) is 0 Å². The minimum atomic E-state index is 0.178. The van der Waals surface area contributed by atoms with Crippen LogP contribution in [0.2, 0.25) is 0 Å². The Balaban J connectivity index is 1.83. The first-order valence-corrected chi connectivity index (χ1v) is 8.47. The van der Waals surface area contributed by atoms with Crippen LogP contribution >= 0.6 is 0 Å². The van der Waals surface area contributed by atoms with E-state index >= 15 is 0 Å². The smallest absolute Gasteiger partial charge is 0.0702 e. The van der Waals surface area contributed by atoms with E-state index in [1.807, 2.05) is 0 Å². The summed E-state index contributed by atoms with van der Waals surface area (Å²) in [5, 5.41) is 0. The summed E-state index contributed by atoms with van der Waals surface area (Å²) < 4.78 is 0. The van der Waals surface area contributed by atoms with E-state index < -0.39 is 0 Å². The number of hydrogen-bond donors (Lipinski definition) is 0. The molecule has 0 amide bonds. The van der Waals surface area contributed by atoms with Crippen molar-refractivity contribution in [1.82, 2.24) is 0 Å². The number of anilines is 2. The van der Waals surface area contributed by atoms with E-state index in [9.17, 15) is 0 Å². The van der Waals surface area contributed by atoms with E-state index in [0.717, 1.165) is 0 Å². The fourth-order valence-corrected chi connectivity index (χ4v) is 4.39. The molecule has 1 heteroatoms. The highest BCUT2D eigenvalue weighted by Crippen LogP contribution is 2.59. The quantitative estimate of drug-likeness (QED) is 0.605. The van der Waals surface area contributed by atoms with Crippen LogP contribution in [-0.2, 0) is 0 Å². The minimum Gasteiger partial charge on any atom is -0.332 e. The number of benzene rings is 2. The topological polar surface area (TPSA) is 3.24 Å². The van der Waals surface area contributed by atoms with Gasteiger partial charge in [0.15, 0.2) is 0 Å². The summed E-state index contributed by atoms with van der Waals surface area (Å²) in [4.78, 5) is 2.55. The second kappa shape index (κ2) is 4.17. The van der Waals surface area contributed by atoms with E-state index in [-0.39, 0.29) is 5.41 Å². The fourth-order valence-electron chi connectivity index (χ4n) is 4.39. The van der Waals surface area contributed by atoms with Crippen LogP contribution < -0.4 is 4.90 Å². The highest BCUT2D eigenvalue weighted by molar-refractivity contribution is 5.98. The Morgan fingerprint density at radius 3 is 2.35 bits per heavy atom. The van der Waals surface area contributed by atoms with Crippen LogP contribution in [0.15, 0.2) is 66.3 Å². The fraction of sp³-hybridized carbons (Fsp3) is 0.273. The Morgan fingerprint density at radius 2 is 1.57 bits per heavy atom. The van der Waals surface area contributed by atoms with Crippen molar-refractivity contribution in [2.24, 2.45) is 5.41 Å². The summed E-state index contributed by atoms with van der Waals surface area (Å²) in [6, 6.07) is 18.2. The first kappa shape index (κ1) is 13.2. The summed E-state index contributed by atoms with van der Waals surface area (Å²) in [6.07, 6.45) is 4.96. The first-order chi connectivity index (χ1) is 11.1. The van der Waals surface area contributed by atoms with Gasteiger partial charge in [0, 0.05) is 22.9 Å². The lowest BCUT2D eigenvalue weighted by Crippen LogP contribution is -2.28. The zero-order valence-corrected chi connectivity index (χ0v) is 13.9. The van der Waals surface area contributed by atoms with Gasteiger partial charge in [0.05, 0.1) is 6.04 Å². The van der Waals surface area contributed by atoms with Crippen LogP contribution in [0.1, 0.15) is 37.8 Å². The van der Waals surface area contributed by atoms with Crippen LogP contribution in [0, 0.1) is 5.41 Å². The molecular weight excluding hydrogens is 278 g/mol. The Labute approximate surface area is 138 Å². The molecule has 0 bridgehead atoms. The van der Waals surface area contributed by atoms with Gasteiger partial charge >= 0.3 is 0 Å². The van der Waals surface area contributed by atoms with E-state index in [1.54, 1.807) is 0 Å². The lowest BCUT2D eigenvalue weighted by atomic mass is 9.75. The molecule has 1 nitrogen and oxygen atoms in total. The highest BCUT2D eigenvalue weighted by Gasteiger charge is 2.47. The highest BCUT2D eigenvalue weighted by atomic mass is 15.2. The third kappa shape index (κ3) is 1.63. The van der Waals surface area contributed by atoms with Crippen molar-refractivity contribution in [3.8, 4) is 0 Å². The van der Waals surface area contributed by atoms with Gasteiger partial charge in [0.1, 0.15) is 0 Å². The monoisotopic (exact) mass is 299 g/mol. The molecule has 5 rings (SSSR count). The molecule has 2 unspecified atom stereocenters. The summed E-state index contributed by atoms with van der Waals surface area (Å²) in [5.41, 5.74) is 8.76. The molecule has 3 aliphatic rings. The molecule has 23 heavy (non-hydrogen) atoms. The number of nitrogens with zero attached hydrogens (tertiary/aromatic N) is 1. The molecule has 2 aliphatic heterocycles. The number of rotatable bonds is 0. The molecular formula is C22H21N. The predicted molar refractivity (Wildman–Crippen MR) is 97.1 cm³/mol. The van der Waals surface area contributed by atoms with E-state index in [4.69, 9.17) is 0 Å². The van der Waals surface area contributed by atoms with Crippen LogP contribution in [0.5, 0.6) is 0 Å². The molecule has 0 N–H and O–H groups in total. The van der Waals surface area contributed by atoms with Crippen LogP contribution in [0.25, 0.3) is 5.57 Å². The zero-order valence-electron chi connectivity index (χ0n) is 13.9. The van der Waals surface area contributed by atoms with Crippen molar-refractivity contribution >= 4 is 16.9 Å². The van der Waals surface area contributed by atoms with Gasteiger partial charge in [-0.05, 0) is 34.3 Å². The van der Waals surface area contributed by atoms with Crippen molar-refractivity contribution in [3.05, 3.63) is 77.4 Å². The maximum Gasteiger partial charge on any atom is 0.0702 e. The SMILES string of the molecule is CC(C)(C)C1=CC2c3ccccc3N3c4ccccc4C(=C1)C23. The second-order valence-electron chi connectivity index (χ2n) is 7.89. The molecule has 0 spiro atoms. The molecule has 0 saturated carbocycles. The Hall–Kier alpha value is -2.28. The van der Waals surface area contributed by atoms with Gasteiger partial charge in [-0.15, -0.1) is 0 Å². The molecule has 114 valence electrons. The number of para-hydroxylation sites is 2. The van der Waals surface area contributed by atoms with E-state index in [0.29, 0.717) is 12.0 Å². The minimum absolute atomic E-state index is 0.178. The van der Waals surface area contributed by atoms with Crippen molar-refractivity contribution in [2.45, 2.75) is 32.7 Å². The van der Waals surface area contributed by atoms with Gasteiger partial charge in [-0.25, -0.2) is 0 Å². The van der Waals surface area contributed by atoms with Crippen molar-refractivity contribution in [1.29, 1.82) is 0 Å². The van der Waals surface area contributed by atoms with Gasteiger partial charge in [-0.1, -0.05) is 69.3 Å². The van der Waals surface area contributed by atoms with Crippen molar-refractivity contribution < 1.29 is 0 Å². The van der Waals surface area contributed by atoms with Crippen LogP contribution in [0.3, 0.4) is 0 Å². The molecule has 2 aromatic rings. The van der Waals surface area contributed by atoms with Gasteiger partial charge in [0.25, 0.3) is 0 Å². The summed E-state index contributed by atoms with van der Waals surface area (Å²) >= 11 is 0. The third-order valence-corrected chi connectivity index (χ3v) is 5.50. The molecule has 2 aromatic carbocycles. The van der Waals surface area contributed by atoms with Crippen LogP contribution in [0.4, 0.5) is 11.4 Å². The van der Waals surface area contributed by atoms with Gasteiger partial charge in [-0.2, -0.15) is 0 Å². The lowest BCUT2D eigenvalue weighted by molar-refractivity contribution is 0.509. The number of hydrogen-bond acceptors (Lipinski definition) is 1. The third-order valence-electron chi connectivity index (χ3n) is 5.50. The second-order valence-corrected chi connectivity index (χ2v) is 7.89. The zero-order chi connectivity index (χ0) is 15.8. The number of allylic oxidation sites excluding steroid dienone is 2. The molecule has 0 fully saturated rings.